The zero-order valence-electron chi connectivity index (χ0n) is 24.6. The van der Waals surface area contributed by atoms with Crippen LogP contribution < -0.4 is 20.1 Å². The number of hydrogen-bond donors (Lipinski definition) is 3. The van der Waals surface area contributed by atoms with Crippen LogP contribution in [-0.2, 0) is 10.2 Å². The van der Waals surface area contributed by atoms with E-state index in [0.29, 0.717) is 37.3 Å². The van der Waals surface area contributed by atoms with E-state index in [0.717, 1.165) is 12.8 Å². The molecule has 3 aromatic rings. The van der Waals surface area contributed by atoms with Crippen molar-refractivity contribution in [3.63, 3.8) is 0 Å². The smallest absolute Gasteiger partial charge is 0.309 e. The molecule has 2 amide bonds. The molecule has 2 fully saturated rings. The van der Waals surface area contributed by atoms with Gasteiger partial charge in [-0.15, -0.1) is 0 Å². The predicted molar refractivity (Wildman–Crippen MR) is 165 cm³/mol. The van der Waals surface area contributed by atoms with Gasteiger partial charge in [-0.1, -0.05) is 41.9 Å². The van der Waals surface area contributed by atoms with Gasteiger partial charge in [0.1, 0.15) is 17.6 Å². The number of carboxylic acids is 1. The number of hydrogen-bond acceptors (Lipinski definition) is 6. The molecule has 9 nitrogen and oxygen atoms in total. The number of carbonyl (C=O) groups is 3. The number of aliphatic carboxylic acids is 1. The first kappa shape index (κ1) is 30.9. The molecule has 3 N–H and O–H groups in total. The van der Waals surface area contributed by atoms with E-state index in [1.807, 2.05) is 18.2 Å². The normalized spacial score (nSPS) is 20.1. The lowest BCUT2D eigenvalue weighted by Crippen LogP contribution is -2.36. The fraction of sp³-hybridized carbons (Fsp3) is 0.353. The van der Waals surface area contributed by atoms with Crippen LogP contribution in [0.2, 0.25) is 5.02 Å². The molecule has 0 unspecified atom stereocenters. The Morgan fingerprint density at radius 2 is 1.68 bits per heavy atom. The van der Waals surface area contributed by atoms with Crippen LogP contribution in [0.5, 0.6) is 11.5 Å². The van der Waals surface area contributed by atoms with Gasteiger partial charge in [0.25, 0.3) is 11.8 Å². The molecule has 5 rings (SSSR count). The molecule has 2 saturated carbocycles. The molecular weight excluding hydrogens is 582 g/mol. The summed E-state index contributed by atoms with van der Waals surface area (Å²) >= 11 is 6.26. The fourth-order valence-electron chi connectivity index (χ4n) is 5.69. The van der Waals surface area contributed by atoms with Crippen molar-refractivity contribution in [2.45, 2.75) is 57.0 Å². The van der Waals surface area contributed by atoms with Gasteiger partial charge in [0.2, 0.25) is 0 Å². The fourth-order valence-corrected chi connectivity index (χ4v) is 5.87. The summed E-state index contributed by atoms with van der Waals surface area (Å²) in [6.07, 6.45) is 3.50. The Balaban J connectivity index is 1.34. The van der Waals surface area contributed by atoms with Crippen LogP contribution in [0.1, 0.15) is 77.3 Å². The van der Waals surface area contributed by atoms with Crippen LogP contribution in [0, 0.1) is 16.7 Å². The standard InChI is InChI=1S/C34H34ClN3O6/c1-33(32(41)42)12-10-24(11-13-33)44-28-18-26(29(43-2)16-21(28)19-36)31(40)38-27-17-23(35)8-9-25(27)30(39)37-20-34(14-15-34)22-6-4-3-5-7-22/h3-9,16-18,24H,10-15,20H2,1-2H3,(H,37,39)(H,38,40)(H,41,42)/t24-,33+. The number of methoxy groups -OCH3 is 1. The summed E-state index contributed by atoms with van der Waals surface area (Å²) in [5.41, 5.74) is 1.02. The monoisotopic (exact) mass is 615 g/mol. The van der Waals surface area contributed by atoms with Gasteiger partial charge in [-0.25, -0.2) is 0 Å². The van der Waals surface area contributed by atoms with E-state index in [1.165, 1.54) is 30.9 Å². The van der Waals surface area contributed by atoms with Crippen molar-refractivity contribution in [2.24, 2.45) is 5.41 Å². The number of ether oxygens (including phenoxy) is 2. The lowest BCUT2D eigenvalue weighted by molar-refractivity contribution is -0.150. The Morgan fingerprint density at radius 1 is 0.977 bits per heavy atom. The highest BCUT2D eigenvalue weighted by Gasteiger charge is 2.44. The molecule has 2 aliphatic rings. The second-order valence-corrected chi connectivity index (χ2v) is 12.3. The van der Waals surface area contributed by atoms with Crippen molar-refractivity contribution in [1.29, 1.82) is 5.26 Å². The Labute approximate surface area is 261 Å². The van der Waals surface area contributed by atoms with Crippen molar-refractivity contribution >= 4 is 35.1 Å². The van der Waals surface area contributed by atoms with Crippen LogP contribution >= 0.6 is 11.6 Å². The molecule has 0 aromatic heterocycles. The first-order valence-electron chi connectivity index (χ1n) is 14.5. The van der Waals surface area contributed by atoms with E-state index in [4.69, 9.17) is 21.1 Å². The maximum Gasteiger partial charge on any atom is 0.309 e. The summed E-state index contributed by atoms with van der Waals surface area (Å²) in [6.45, 7) is 2.18. The highest BCUT2D eigenvalue weighted by molar-refractivity contribution is 6.31. The Kier molecular flexibility index (Phi) is 8.84. The van der Waals surface area contributed by atoms with Crippen molar-refractivity contribution in [2.75, 3.05) is 19.0 Å². The summed E-state index contributed by atoms with van der Waals surface area (Å²) in [5.74, 6) is -1.42. The van der Waals surface area contributed by atoms with Crippen molar-refractivity contribution in [3.8, 4) is 17.6 Å². The molecule has 228 valence electrons. The maximum atomic E-state index is 13.6. The minimum atomic E-state index is -0.839. The lowest BCUT2D eigenvalue weighted by atomic mass is 9.75. The third kappa shape index (κ3) is 6.51. The number of carboxylic acid groups (broad SMARTS) is 1. The molecule has 0 radical (unpaired) electrons. The second kappa shape index (κ2) is 12.6. The largest absolute Gasteiger partial charge is 0.496 e. The minimum Gasteiger partial charge on any atom is -0.496 e. The lowest BCUT2D eigenvalue weighted by Gasteiger charge is -2.34. The van der Waals surface area contributed by atoms with Gasteiger partial charge >= 0.3 is 5.97 Å². The Morgan fingerprint density at radius 3 is 2.30 bits per heavy atom. The summed E-state index contributed by atoms with van der Waals surface area (Å²) in [7, 11) is 1.39. The van der Waals surface area contributed by atoms with Gasteiger partial charge in [-0.3, -0.25) is 14.4 Å². The molecule has 0 heterocycles. The van der Waals surface area contributed by atoms with Gasteiger partial charge in [-0.05, 0) is 75.3 Å². The van der Waals surface area contributed by atoms with Gasteiger partial charge in [0.05, 0.1) is 41.0 Å². The zero-order valence-corrected chi connectivity index (χ0v) is 25.4. The van der Waals surface area contributed by atoms with Crippen LogP contribution in [-0.4, -0.2) is 42.6 Å². The molecule has 0 atom stereocenters. The van der Waals surface area contributed by atoms with E-state index in [2.05, 4.69) is 28.8 Å². The van der Waals surface area contributed by atoms with E-state index >= 15 is 0 Å². The quantitative estimate of drug-likeness (QED) is 0.242. The molecule has 0 spiro atoms. The van der Waals surface area contributed by atoms with Crippen molar-refractivity contribution < 1.29 is 29.0 Å². The van der Waals surface area contributed by atoms with Crippen LogP contribution in [0.4, 0.5) is 5.69 Å². The highest BCUT2D eigenvalue weighted by Crippen LogP contribution is 2.47. The van der Waals surface area contributed by atoms with Gasteiger partial charge < -0.3 is 25.2 Å². The number of amides is 2. The molecule has 0 aliphatic heterocycles. The number of nitrogens with one attached hydrogen (secondary N) is 2. The summed E-state index contributed by atoms with van der Waals surface area (Å²) in [4.78, 5) is 38.6. The van der Waals surface area contributed by atoms with Crippen molar-refractivity contribution in [3.05, 3.63) is 87.9 Å². The molecule has 44 heavy (non-hydrogen) atoms. The van der Waals surface area contributed by atoms with E-state index < -0.39 is 17.3 Å². The SMILES string of the molecule is COc1cc(C#N)c(O[C@H]2CC[C@@](C)(C(=O)O)CC2)cc1C(=O)Nc1cc(Cl)ccc1C(=O)NCC1(c2ccccc2)CC1. The van der Waals surface area contributed by atoms with Gasteiger partial charge in [-0.2, -0.15) is 5.26 Å². The van der Waals surface area contributed by atoms with E-state index in [1.54, 1.807) is 19.1 Å². The average molecular weight is 616 g/mol. The number of benzene rings is 3. The number of halogens is 1. The van der Waals surface area contributed by atoms with E-state index in [9.17, 15) is 24.8 Å². The first-order valence-corrected chi connectivity index (χ1v) is 14.9. The Hall–Kier alpha value is -4.55. The predicted octanol–water partition coefficient (Wildman–Crippen LogP) is 6.35. The second-order valence-electron chi connectivity index (χ2n) is 11.8. The molecule has 2 aliphatic carbocycles. The Bertz CT molecular complexity index is 1620. The summed E-state index contributed by atoms with van der Waals surface area (Å²) in [6, 6.07) is 19.7. The van der Waals surface area contributed by atoms with Crippen molar-refractivity contribution in [1.82, 2.24) is 5.32 Å². The molecule has 3 aromatic carbocycles. The molecule has 10 heteroatoms. The average Bonchev–Trinajstić information content (AvgIpc) is 3.82. The number of rotatable bonds is 10. The van der Waals surface area contributed by atoms with Crippen LogP contribution in [0.3, 0.4) is 0 Å². The molecule has 0 bridgehead atoms. The number of carbonyl (C=O) groups excluding carboxylic acids is 2. The third-order valence-corrected chi connectivity index (χ3v) is 9.05. The molecule has 0 saturated heterocycles. The number of nitrogens with zero attached hydrogens (tertiary/aromatic N) is 1. The topological polar surface area (TPSA) is 138 Å². The third-order valence-electron chi connectivity index (χ3n) is 8.81. The first-order chi connectivity index (χ1) is 21.1. The maximum absolute atomic E-state index is 13.6. The van der Waals surface area contributed by atoms with Crippen LogP contribution in [0.15, 0.2) is 60.7 Å². The number of nitriles is 1. The van der Waals surface area contributed by atoms with E-state index in [-0.39, 0.29) is 51.3 Å². The zero-order chi connectivity index (χ0) is 31.5. The minimum absolute atomic E-state index is 0.0937. The van der Waals surface area contributed by atoms with Gasteiger partial charge in [0.15, 0.2) is 0 Å². The summed E-state index contributed by atoms with van der Waals surface area (Å²) in [5, 5.41) is 25.5. The van der Waals surface area contributed by atoms with Crippen LogP contribution in [0.25, 0.3) is 0 Å². The summed E-state index contributed by atoms with van der Waals surface area (Å²) < 4.78 is 11.6. The molecular formula is C34H34ClN3O6. The number of anilines is 1. The highest BCUT2D eigenvalue weighted by atomic mass is 35.5. The van der Waals surface area contributed by atoms with Gasteiger partial charge in [0, 0.05) is 23.0 Å².